The van der Waals surface area contributed by atoms with Crippen molar-refractivity contribution in [2.24, 2.45) is 0 Å². The predicted octanol–water partition coefficient (Wildman–Crippen LogP) is 4.85. The molecule has 2 aromatic carbocycles. The van der Waals surface area contributed by atoms with Crippen LogP contribution in [0.1, 0.15) is 21.7 Å². The number of rotatable bonds is 4. The van der Waals surface area contributed by atoms with Crippen LogP contribution in [-0.4, -0.2) is 25.6 Å². The highest BCUT2D eigenvalue weighted by atomic mass is 35.5. The lowest BCUT2D eigenvalue weighted by molar-refractivity contribution is -0.384. The van der Waals surface area contributed by atoms with Gasteiger partial charge in [0.1, 0.15) is 5.82 Å². The first-order chi connectivity index (χ1) is 14.3. The molecule has 0 bridgehead atoms. The molecule has 4 aromatic rings. The number of pyridine rings is 1. The fraction of sp³-hybridized carbons (Fsp3) is 0.0952. The molecule has 2 aromatic heterocycles. The van der Waals surface area contributed by atoms with E-state index in [1.54, 1.807) is 56.3 Å². The summed E-state index contributed by atoms with van der Waals surface area (Å²) in [4.78, 5) is 27.9. The first-order valence-electron chi connectivity index (χ1n) is 9.01. The van der Waals surface area contributed by atoms with E-state index in [1.165, 1.54) is 16.8 Å². The molecular formula is C21H16ClN5O3. The fourth-order valence-corrected chi connectivity index (χ4v) is 3.34. The van der Waals surface area contributed by atoms with Crippen LogP contribution in [0.2, 0.25) is 5.02 Å². The SMILES string of the molecule is Cc1cc(NC(=O)c2cc3cc(Cl)ccc3nc2C)n(-c2ccc([N+](=O)[O-])cc2)n1. The summed E-state index contributed by atoms with van der Waals surface area (Å²) in [5, 5.41) is 19.4. The van der Waals surface area contributed by atoms with Gasteiger partial charge in [0.25, 0.3) is 11.6 Å². The highest BCUT2D eigenvalue weighted by Gasteiger charge is 2.16. The van der Waals surface area contributed by atoms with Gasteiger partial charge in [-0.2, -0.15) is 5.10 Å². The van der Waals surface area contributed by atoms with Crippen molar-refractivity contribution in [3.05, 3.63) is 86.7 Å². The van der Waals surface area contributed by atoms with Crippen molar-refractivity contribution in [2.45, 2.75) is 13.8 Å². The summed E-state index contributed by atoms with van der Waals surface area (Å²) < 4.78 is 1.53. The third-order valence-corrected chi connectivity index (χ3v) is 4.83. The van der Waals surface area contributed by atoms with Crippen molar-refractivity contribution in [3.8, 4) is 5.69 Å². The van der Waals surface area contributed by atoms with Crippen molar-refractivity contribution in [2.75, 3.05) is 5.32 Å². The van der Waals surface area contributed by atoms with Crippen molar-refractivity contribution >= 4 is 39.9 Å². The zero-order chi connectivity index (χ0) is 21.4. The minimum absolute atomic E-state index is 0.0234. The Hall–Kier alpha value is -3.78. The summed E-state index contributed by atoms with van der Waals surface area (Å²) in [6.07, 6.45) is 0. The van der Waals surface area contributed by atoms with Crippen LogP contribution in [0.15, 0.2) is 54.6 Å². The first-order valence-corrected chi connectivity index (χ1v) is 9.39. The number of amides is 1. The molecule has 0 aliphatic rings. The second-order valence-corrected chi connectivity index (χ2v) is 7.21. The van der Waals surface area contributed by atoms with E-state index in [0.717, 1.165) is 10.9 Å². The van der Waals surface area contributed by atoms with Gasteiger partial charge in [-0.05, 0) is 50.2 Å². The Morgan fingerprint density at radius 2 is 1.83 bits per heavy atom. The number of carbonyl (C=O) groups is 1. The predicted molar refractivity (Wildman–Crippen MR) is 114 cm³/mol. The Balaban J connectivity index is 1.68. The van der Waals surface area contributed by atoms with Gasteiger partial charge in [-0.15, -0.1) is 0 Å². The van der Waals surface area contributed by atoms with Gasteiger partial charge >= 0.3 is 0 Å². The number of hydrogen-bond donors (Lipinski definition) is 1. The third-order valence-electron chi connectivity index (χ3n) is 4.59. The minimum Gasteiger partial charge on any atom is -0.306 e. The lowest BCUT2D eigenvalue weighted by Crippen LogP contribution is -2.17. The second-order valence-electron chi connectivity index (χ2n) is 6.77. The van der Waals surface area contributed by atoms with Crippen LogP contribution in [-0.2, 0) is 0 Å². The molecule has 8 nitrogen and oxygen atoms in total. The summed E-state index contributed by atoms with van der Waals surface area (Å²) in [6, 6.07) is 14.7. The number of nitrogens with zero attached hydrogens (tertiary/aromatic N) is 4. The molecule has 1 amide bonds. The van der Waals surface area contributed by atoms with Gasteiger partial charge in [-0.25, -0.2) is 4.68 Å². The lowest BCUT2D eigenvalue weighted by atomic mass is 10.1. The van der Waals surface area contributed by atoms with E-state index in [9.17, 15) is 14.9 Å². The van der Waals surface area contributed by atoms with Crippen LogP contribution in [0.5, 0.6) is 0 Å². The maximum Gasteiger partial charge on any atom is 0.269 e. The molecular weight excluding hydrogens is 406 g/mol. The number of non-ortho nitro benzene ring substituents is 1. The molecule has 2 heterocycles. The first kappa shape index (κ1) is 19.5. The zero-order valence-corrected chi connectivity index (χ0v) is 16.8. The Labute approximate surface area is 176 Å². The summed E-state index contributed by atoms with van der Waals surface area (Å²) in [5.41, 5.74) is 3.00. The summed E-state index contributed by atoms with van der Waals surface area (Å²) >= 11 is 6.06. The van der Waals surface area contributed by atoms with Gasteiger partial charge in [0.05, 0.1) is 33.1 Å². The quantitative estimate of drug-likeness (QED) is 0.374. The molecule has 0 spiro atoms. The molecule has 1 N–H and O–H groups in total. The molecule has 0 unspecified atom stereocenters. The molecule has 0 aliphatic carbocycles. The van der Waals surface area contributed by atoms with E-state index in [2.05, 4.69) is 15.4 Å². The fourth-order valence-electron chi connectivity index (χ4n) is 3.16. The Kier molecular flexibility index (Phi) is 4.93. The number of aromatic nitrogens is 3. The molecule has 30 heavy (non-hydrogen) atoms. The number of nitrogens with one attached hydrogen (secondary N) is 1. The second kappa shape index (κ2) is 7.57. The maximum absolute atomic E-state index is 13.0. The highest BCUT2D eigenvalue weighted by molar-refractivity contribution is 6.31. The monoisotopic (exact) mass is 421 g/mol. The van der Waals surface area contributed by atoms with Crippen LogP contribution < -0.4 is 5.32 Å². The smallest absolute Gasteiger partial charge is 0.269 e. The van der Waals surface area contributed by atoms with Gasteiger partial charge in [-0.1, -0.05) is 11.6 Å². The topological polar surface area (TPSA) is 103 Å². The number of hydrogen-bond acceptors (Lipinski definition) is 5. The number of halogens is 1. The van der Waals surface area contributed by atoms with Gasteiger partial charge in [-0.3, -0.25) is 19.9 Å². The summed E-state index contributed by atoms with van der Waals surface area (Å²) in [5.74, 6) is 0.0990. The molecule has 4 rings (SSSR count). The third kappa shape index (κ3) is 3.72. The molecule has 0 atom stereocenters. The van der Waals surface area contributed by atoms with Crippen LogP contribution >= 0.6 is 11.6 Å². The Bertz CT molecular complexity index is 1300. The molecule has 150 valence electrons. The van der Waals surface area contributed by atoms with Crippen LogP contribution in [0, 0.1) is 24.0 Å². The molecule has 0 saturated heterocycles. The number of fused-ring (bicyclic) bond motifs is 1. The van der Waals surface area contributed by atoms with Gasteiger partial charge in [0, 0.05) is 28.6 Å². The van der Waals surface area contributed by atoms with E-state index in [1.807, 2.05) is 0 Å². The number of aryl methyl sites for hydroxylation is 2. The van der Waals surface area contributed by atoms with Crippen LogP contribution in [0.3, 0.4) is 0 Å². The lowest BCUT2D eigenvalue weighted by Gasteiger charge is -2.11. The van der Waals surface area contributed by atoms with E-state index in [4.69, 9.17) is 11.6 Å². The van der Waals surface area contributed by atoms with Gasteiger partial charge in [0.15, 0.2) is 0 Å². The van der Waals surface area contributed by atoms with Crippen molar-refractivity contribution in [1.82, 2.24) is 14.8 Å². The Morgan fingerprint density at radius 1 is 1.10 bits per heavy atom. The molecule has 0 radical (unpaired) electrons. The average molecular weight is 422 g/mol. The normalized spacial score (nSPS) is 10.9. The number of nitro groups is 1. The van der Waals surface area contributed by atoms with Gasteiger partial charge in [0.2, 0.25) is 0 Å². The van der Waals surface area contributed by atoms with E-state index >= 15 is 0 Å². The summed E-state index contributed by atoms with van der Waals surface area (Å²) in [7, 11) is 0. The number of benzene rings is 2. The van der Waals surface area contributed by atoms with Crippen LogP contribution in [0.4, 0.5) is 11.5 Å². The van der Waals surface area contributed by atoms with E-state index < -0.39 is 4.92 Å². The van der Waals surface area contributed by atoms with E-state index in [0.29, 0.717) is 33.5 Å². The molecule has 0 fully saturated rings. The van der Waals surface area contributed by atoms with Crippen molar-refractivity contribution in [1.29, 1.82) is 0 Å². The number of carbonyl (C=O) groups excluding carboxylic acids is 1. The van der Waals surface area contributed by atoms with E-state index in [-0.39, 0.29) is 11.6 Å². The number of anilines is 1. The van der Waals surface area contributed by atoms with Gasteiger partial charge < -0.3 is 5.32 Å². The highest BCUT2D eigenvalue weighted by Crippen LogP contribution is 2.23. The van der Waals surface area contributed by atoms with Crippen molar-refractivity contribution < 1.29 is 9.72 Å². The molecule has 0 aliphatic heterocycles. The van der Waals surface area contributed by atoms with Crippen molar-refractivity contribution in [3.63, 3.8) is 0 Å². The summed E-state index contributed by atoms with van der Waals surface area (Å²) in [6.45, 7) is 3.56. The van der Waals surface area contributed by atoms with Crippen LogP contribution in [0.25, 0.3) is 16.6 Å². The largest absolute Gasteiger partial charge is 0.306 e. The molecule has 9 heteroatoms. The Morgan fingerprint density at radius 3 is 2.53 bits per heavy atom. The standard InChI is InChI=1S/C21H16ClN5O3/c1-12-9-20(26(25-12)16-4-6-17(7-5-16)27(29)30)24-21(28)18-11-14-10-15(22)3-8-19(14)23-13(18)2/h3-11H,1-2H3,(H,24,28). The zero-order valence-electron chi connectivity index (χ0n) is 16.1. The minimum atomic E-state index is -0.470. The maximum atomic E-state index is 13.0. The average Bonchev–Trinajstić information content (AvgIpc) is 3.07. The number of nitro benzene ring substituents is 1. The molecule has 0 saturated carbocycles.